The van der Waals surface area contributed by atoms with E-state index < -0.39 is 4.92 Å². The summed E-state index contributed by atoms with van der Waals surface area (Å²) in [6.07, 6.45) is 0. The van der Waals surface area contributed by atoms with Gasteiger partial charge in [-0.3, -0.25) is 10.1 Å². The first-order chi connectivity index (χ1) is 14.0. The van der Waals surface area contributed by atoms with Gasteiger partial charge < -0.3 is 15.1 Å². The van der Waals surface area contributed by atoms with E-state index in [1.165, 1.54) is 24.3 Å². The molecule has 2 heterocycles. The molecule has 10 heteroatoms. The van der Waals surface area contributed by atoms with Crippen molar-refractivity contribution in [1.82, 2.24) is 15.1 Å². The summed E-state index contributed by atoms with van der Waals surface area (Å²) >= 11 is 6.15. The van der Waals surface area contributed by atoms with E-state index in [0.717, 1.165) is 16.6 Å². The van der Waals surface area contributed by atoms with Crippen LogP contribution in [0.3, 0.4) is 0 Å². The van der Waals surface area contributed by atoms with Crippen LogP contribution in [0.5, 0.6) is 0 Å². The third kappa shape index (κ3) is 3.90. The first kappa shape index (κ1) is 18.9. The van der Waals surface area contributed by atoms with E-state index in [-0.39, 0.29) is 11.7 Å². The number of benzene rings is 2. The van der Waals surface area contributed by atoms with Gasteiger partial charge in [0.15, 0.2) is 11.0 Å². The van der Waals surface area contributed by atoms with E-state index >= 15 is 0 Å². The van der Waals surface area contributed by atoms with Gasteiger partial charge in [0, 0.05) is 54.8 Å². The van der Waals surface area contributed by atoms with Gasteiger partial charge in [-0.1, -0.05) is 35.9 Å². The molecule has 0 bridgehead atoms. The van der Waals surface area contributed by atoms with Crippen molar-refractivity contribution in [2.75, 3.05) is 36.4 Å². The number of nitrogens with one attached hydrogen (secondary N) is 1. The summed E-state index contributed by atoms with van der Waals surface area (Å²) < 4.78 is 0. The van der Waals surface area contributed by atoms with E-state index in [4.69, 9.17) is 11.6 Å². The Bertz CT molecular complexity index is 1070. The van der Waals surface area contributed by atoms with Crippen molar-refractivity contribution in [3.8, 4) is 0 Å². The Kier molecular flexibility index (Phi) is 5.13. The molecular weight excluding hydrogens is 396 g/mol. The molecule has 1 fully saturated rings. The lowest BCUT2D eigenvalue weighted by Crippen LogP contribution is -2.50. The molecule has 1 aromatic heterocycles. The van der Waals surface area contributed by atoms with Gasteiger partial charge in [0.25, 0.3) is 5.69 Å². The molecular formula is C19H17ClN6O3. The summed E-state index contributed by atoms with van der Waals surface area (Å²) in [5.74, 6) is 0.750. The number of carbonyl (C=O) groups excluding carboxylic acids is 1. The minimum atomic E-state index is -0.478. The maximum absolute atomic E-state index is 12.5. The number of rotatable bonds is 3. The number of hydrogen-bond donors (Lipinski definition) is 1. The molecule has 4 rings (SSSR count). The van der Waals surface area contributed by atoms with Crippen LogP contribution in [0, 0.1) is 10.1 Å². The molecule has 1 aliphatic heterocycles. The van der Waals surface area contributed by atoms with Gasteiger partial charge in [-0.15, -0.1) is 10.2 Å². The van der Waals surface area contributed by atoms with Gasteiger partial charge in [0.05, 0.1) is 4.92 Å². The van der Waals surface area contributed by atoms with Crippen LogP contribution in [0.4, 0.5) is 22.0 Å². The number of hydrogen-bond acceptors (Lipinski definition) is 6. The van der Waals surface area contributed by atoms with Crippen LogP contribution in [0.25, 0.3) is 10.8 Å². The number of non-ortho nitro benzene ring substituents is 1. The van der Waals surface area contributed by atoms with E-state index in [1.807, 2.05) is 24.3 Å². The third-order valence-corrected chi connectivity index (χ3v) is 5.10. The number of nitro benzene ring substituents is 1. The Hall–Kier alpha value is -3.46. The lowest BCUT2D eigenvalue weighted by molar-refractivity contribution is -0.384. The standard InChI is InChI=1S/C19H17ClN6O3/c20-17-15-3-1-2-4-16(15)18(23-22-17)24-9-11-25(12-10-24)19(27)21-13-5-7-14(8-6-13)26(28)29/h1-8H,9-12H2,(H,21,27). The number of aromatic nitrogens is 2. The molecule has 0 unspecified atom stereocenters. The number of amides is 2. The molecule has 2 amide bonds. The number of fused-ring (bicyclic) bond motifs is 1. The summed E-state index contributed by atoms with van der Waals surface area (Å²) in [4.78, 5) is 26.5. The fourth-order valence-corrected chi connectivity index (χ4v) is 3.48. The Morgan fingerprint density at radius 3 is 2.31 bits per heavy atom. The predicted molar refractivity (Wildman–Crippen MR) is 110 cm³/mol. The molecule has 148 valence electrons. The molecule has 0 atom stereocenters. The largest absolute Gasteiger partial charge is 0.351 e. The van der Waals surface area contributed by atoms with Crippen molar-refractivity contribution in [2.45, 2.75) is 0 Å². The summed E-state index contributed by atoms with van der Waals surface area (Å²) in [7, 11) is 0. The van der Waals surface area contributed by atoms with Crippen molar-refractivity contribution < 1.29 is 9.72 Å². The Morgan fingerprint density at radius 2 is 1.66 bits per heavy atom. The van der Waals surface area contributed by atoms with Crippen molar-refractivity contribution >= 4 is 45.6 Å². The van der Waals surface area contributed by atoms with Crippen LogP contribution < -0.4 is 10.2 Å². The predicted octanol–water partition coefficient (Wildman–Crippen LogP) is 3.55. The molecule has 0 saturated carbocycles. The van der Waals surface area contributed by atoms with Gasteiger partial charge in [0.1, 0.15) is 0 Å². The number of urea groups is 1. The highest BCUT2D eigenvalue weighted by atomic mass is 35.5. The Labute approximate surface area is 171 Å². The SMILES string of the molecule is O=C(Nc1ccc([N+](=O)[O-])cc1)N1CCN(c2nnc(Cl)c3ccccc23)CC1. The van der Waals surface area contributed by atoms with E-state index in [9.17, 15) is 14.9 Å². The Balaban J connectivity index is 1.41. The van der Waals surface area contributed by atoms with Gasteiger partial charge in [-0.2, -0.15) is 0 Å². The van der Waals surface area contributed by atoms with E-state index in [2.05, 4.69) is 20.4 Å². The zero-order chi connectivity index (χ0) is 20.4. The van der Waals surface area contributed by atoms with Gasteiger partial charge in [-0.25, -0.2) is 4.79 Å². The smallest absolute Gasteiger partial charge is 0.321 e. The third-order valence-electron chi connectivity index (χ3n) is 4.82. The van der Waals surface area contributed by atoms with Crippen molar-refractivity contribution in [3.63, 3.8) is 0 Å². The molecule has 0 spiro atoms. The fraction of sp³-hybridized carbons (Fsp3) is 0.211. The lowest BCUT2D eigenvalue weighted by atomic mass is 10.1. The van der Waals surface area contributed by atoms with Crippen LogP contribution in [-0.2, 0) is 0 Å². The molecule has 2 aromatic carbocycles. The quantitative estimate of drug-likeness (QED) is 0.521. The van der Waals surface area contributed by atoms with E-state index in [1.54, 1.807) is 4.90 Å². The number of piperazine rings is 1. The lowest BCUT2D eigenvalue weighted by Gasteiger charge is -2.35. The maximum atomic E-state index is 12.5. The first-order valence-corrected chi connectivity index (χ1v) is 9.37. The zero-order valence-electron chi connectivity index (χ0n) is 15.3. The highest BCUT2D eigenvalue weighted by Gasteiger charge is 2.24. The second kappa shape index (κ2) is 7.88. The molecule has 1 saturated heterocycles. The number of anilines is 2. The summed E-state index contributed by atoms with van der Waals surface area (Å²) in [6, 6.07) is 13.2. The van der Waals surface area contributed by atoms with Crippen molar-refractivity contribution in [3.05, 3.63) is 63.8 Å². The van der Waals surface area contributed by atoms with Gasteiger partial charge >= 0.3 is 6.03 Å². The molecule has 3 aromatic rings. The summed E-state index contributed by atoms with van der Waals surface area (Å²) in [5, 5.41) is 23.9. The number of nitrogens with zero attached hydrogens (tertiary/aromatic N) is 5. The van der Waals surface area contributed by atoms with Gasteiger partial charge in [0.2, 0.25) is 0 Å². The second-order valence-electron chi connectivity index (χ2n) is 6.57. The number of halogens is 1. The number of carbonyl (C=O) groups is 1. The van der Waals surface area contributed by atoms with E-state index in [0.29, 0.717) is 37.0 Å². The maximum Gasteiger partial charge on any atom is 0.321 e. The van der Waals surface area contributed by atoms with Crippen LogP contribution in [0.1, 0.15) is 0 Å². The monoisotopic (exact) mass is 412 g/mol. The summed E-state index contributed by atoms with van der Waals surface area (Å²) in [5.41, 5.74) is 0.491. The average molecular weight is 413 g/mol. The topological polar surface area (TPSA) is 104 Å². The van der Waals surface area contributed by atoms with Gasteiger partial charge in [-0.05, 0) is 12.1 Å². The van der Waals surface area contributed by atoms with Crippen molar-refractivity contribution in [2.24, 2.45) is 0 Å². The first-order valence-electron chi connectivity index (χ1n) is 8.99. The van der Waals surface area contributed by atoms with Crippen LogP contribution >= 0.6 is 11.6 Å². The highest BCUT2D eigenvalue weighted by molar-refractivity contribution is 6.34. The Morgan fingerprint density at radius 1 is 1.00 bits per heavy atom. The fourth-order valence-electron chi connectivity index (χ4n) is 3.28. The molecule has 0 radical (unpaired) electrons. The van der Waals surface area contributed by atoms with Crippen LogP contribution in [-0.4, -0.2) is 52.2 Å². The highest BCUT2D eigenvalue weighted by Crippen LogP contribution is 2.28. The average Bonchev–Trinajstić information content (AvgIpc) is 2.75. The van der Waals surface area contributed by atoms with Crippen LogP contribution in [0.2, 0.25) is 5.15 Å². The minimum Gasteiger partial charge on any atom is -0.351 e. The normalized spacial score (nSPS) is 14.1. The summed E-state index contributed by atoms with van der Waals surface area (Å²) in [6.45, 7) is 2.23. The zero-order valence-corrected chi connectivity index (χ0v) is 16.0. The molecule has 29 heavy (non-hydrogen) atoms. The molecule has 1 N–H and O–H groups in total. The van der Waals surface area contributed by atoms with Crippen molar-refractivity contribution in [1.29, 1.82) is 0 Å². The molecule has 1 aliphatic rings. The molecule has 9 nitrogen and oxygen atoms in total. The molecule has 0 aliphatic carbocycles. The minimum absolute atomic E-state index is 0.0205. The van der Waals surface area contributed by atoms with Crippen LogP contribution in [0.15, 0.2) is 48.5 Å². The second-order valence-corrected chi connectivity index (χ2v) is 6.93. The number of nitro groups is 1.